The lowest BCUT2D eigenvalue weighted by molar-refractivity contribution is -0.976. The number of aliphatic hydroxyl groups is 1. The van der Waals surface area contributed by atoms with Crippen LogP contribution in [0.3, 0.4) is 0 Å². The van der Waals surface area contributed by atoms with Gasteiger partial charge < -0.3 is 5.11 Å². The second-order valence-corrected chi connectivity index (χ2v) is 4.86. The van der Waals surface area contributed by atoms with E-state index in [9.17, 15) is 5.11 Å². The Kier molecular flexibility index (Phi) is 5.86. The van der Waals surface area contributed by atoms with Crippen molar-refractivity contribution < 1.29 is 9.59 Å². The molecule has 3 heteroatoms. The number of quaternary nitrogens is 1. The highest BCUT2D eigenvalue weighted by Crippen LogP contribution is 2.26. The predicted octanol–water partition coefficient (Wildman–Crippen LogP) is 2.71. The number of unbranched alkanes of at least 4 members (excludes halogenated alkanes) is 1. The van der Waals surface area contributed by atoms with Crippen LogP contribution >= 0.6 is 0 Å². The first-order valence-electron chi connectivity index (χ1n) is 6.88. The largest absolute Gasteiger partial charge is 0.345 e. The zero-order valence-electron chi connectivity index (χ0n) is 11.5. The highest BCUT2D eigenvalue weighted by atomic mass is 16.3. The summed E-state index contributed by atoms with van der Waals surface area (Å²) in [5.41, 5.74) is 0. The molecule has 17 heavy (non-hydrogen) atoms. The van der Waals surface area contributed by atoms with Gasteiger partial charge in [0.2, 0.25) is 0 Å². The van der Waals surface area contributed by atoms with Gasteiger partial charge in [-0.2, -0.15) is 0 Å². The maximum atomic E-state index is 9.99. The summed E-state index contributed by atoms with van der Waals surface area (Å²) in [4.78, 5) is 4.56. The molecule has 0 spiro atoms. The summed E-state index contributed by atoms with van der Waals surface area (Å²) in [5.74, 6) is 0. The maximum Gasteiger partial charge on any atom is 0.189 e. The van der Waals surface area contributed by atoms with E-state index < -0.39 is 0 Å². The van der Waals surface area contributed by atoms with Crippen LogP contribution in [0.25, 0.3) is 0 Å². The van der Waals surface area contributed by atoms with Crippen molar-refractivity contribution in [1.29, 1.82) is 0 Å². The lowest BCUT2D eigenvalue weighted by Crippen LogP contribution is -2.57. The van der Waals surface area contributed by atoms with Crippen LogP contribution in [-0.4, -0.2) is 41.3 Å². The third-order valence-corrected chi connectivity index (χ3v) is 3.86. The molecular weight excluding hydrogens is 212 g/mol. The van der Waals surface area contributed by atoms with Crippen LogP contribution in [0.4, 0.5) is 0 Å². The molecule has 0 radical (unpaired) electrons. The standard InChI is InChI=1S/C14H27N2O/c1-4-6-7-8-9-10-14-15-11-12-16(14,5-2)13(3)17/h6-7,11,13-14,17H,4-5,8-10,12H2,1-3H3/q+1/b7-6+. The Balaban J connectivity index is 2.45. The molecular formula is C14H27N2O+. The number of aliphatic imine (C=N–C) groups is 1. The number of allylic oxidation sites excluding steroid dienone is 2. The van der Waals surface area contributed by atoms with Gasteiger partial charge in [0, 0.05) is 13.3 Å². The van der Waals surface area contributed by atoms with Crippen LogP contribution in [0.15, 0.2) is 17.1 Å². The Morgan fingerprint density at radius 3 is 2.82 bits per heavy atom. The van der Waals surface area contributed by atoms with E-state index in [2.05, 4.69) is 31.0 Å². The van der Waals surface area contributed by atoms with Crippen molar-refractivity contribution in [2.24, 2.45) is 4.99 Å². The summed E-state index contributed by atoms with van der Waals surface area (Å²) in [6.45, 7) is 8.02. The topological polar surface area (TPSA) is 32.6 Å². The molecule has 0 amide bonds. The van der Waals surface area contributed by atoms with Crippen LogP contribution in [0.2, 0.25) is 0 Å². The summed E-state index contributed by atoms with van der Waals surface area (Å²) in [6, 6.07) is 0. The van der Waals surface area contributed by atoms with Crippen molar-refractivity contribution >= 4 is 6.21 Å². The highest BCUT2D eigenvalue weighted by Gasteiger charge is 2.41. The third kappa shape index (κ3) is 3.39. The summed E-state index contributed by atoms with van der Waals surface area (Å²) in [7, 11) is 0. The molecule has 0 aromatic heterocycles. The molecule has 0 bridgehead atoms. The zero-order chi connectivity index (χ0) is 12.7. The number of rotatable bonds is 7. The Labute approximate surface area is 105 Å². The number of hydrogen-bond acceptors (Lipinski definition) is 2. The third-order valence-electron chi connectivity index (χ3n) is 3.86. The SMILES string of the molecule is CC/C=C/CCCC1N=CC[N+]1(CC)C(C)O. The fraction of sp³-hybridized carbons (Fsp3) is 0.786. The first-order chi connectivity index (χ1) is 8.17. The molecule has 1 heterocycles. The Morgan fingerprint density at radius 1 is 1.47 bits per heavy atom. The monoisotopic (exact) mass is 239 g/mol. The van der Waals surface area contributed by atoms with Crippen molar-refractivity contribution in [3.8, 4) is 0 Å². The Morgan fingerprint density at radius 2 is 2.24 bits per heavy atom. The van der Waals surface area contributed by atoms with Crippen molar-refractivity contribution in [1.82, 2.24) is 0 Å². The summed E-state index contributed by atoms with van der Waals surface area (Å²) < 4.78 is 0.720. The fourth-order valence-corrected chi connectivity index (χ4v) is 2.62. The van der Waals surface area contributed by atoms with E-state index in [1.54, 1.807) is 0 Å². The molecule has 0 fully saturated rings. The molecule has 3 unspecified atom stereocenters. The quantitative estimate of drug-likeness (QED) is 0.413. The van der Waals surface area contributed by atoms with Crippen molar-refractivity contribution in [2.75, 3.05) is 13.1 Å². The lowest BCUT2D eigenvalue weighted by Gasteiger charge is -2.40. The van der Waals surface area contributed by atoms with Gasteiger partial charge in [0.25, 0.3) is 0 Å². The minimum Gasteiger partial charge on any atom is -0.345 e. The summed E-state index contributed by atoms with van der Waals surface area (Å²) in [6.07, 6.45) is 10.9. The molecule has 3 atom stereocenters. The van der Waals surface area contributed by atoms with E-state index in [4.69, 9.17) is 0 Å². The van der Waals surface area contributed by atoms with Gasteiger partial charge in [0.15, 0.2) is 12.4 Å². The fourth-order valence-electron chi connectivity index (χ4n) is 2.62. The Hall–Kier alpha value is -0.670. The molecule has 0 aromatic carbocycles. The molecule has 3 nitrogen and oxygen atoms in total. The van der Waals surface area contributed by atoms with Crippen molar-refractivity contribution in [3.05, 3.63) is 12.2 Å². The van der Waals surface area contributed by atoms with Gasteiger partial charge in [-0.15, -0.1) is 0 Å². The van der Waals surface area contributed by atoms with Crippen LogP contribution in [-0.2, 0) is 0 Å². The summed E-state index contributed by atoms with van der Waals surface area (Å²) >= 11 is 0. The number of nitrogens with zero attached hydrogens (tertiary/aromatic N) is 2. The van der Waals surface area contributed by atoms with Crippen LogP contribution in [0, 0.1) is 0 Å². The first-order valence-corrected chi connectivity index (χ1v) is 6.88. The van der Waals surface area contributed by atoms with E-state index in [0.29, 0.717) is 0 Å². The van der Waals surface area contributed by atoms with Crippen LogP contribution in [0.5, 0.6) is 0 Å². The molecule has 1 rings (SSSR count). The van der Waals surface area contributed by atoms with E-state index >= 15 is 0 Å². The lowest BCUT2D eigenvalue weighted by atomic mass is 10.1. The van der Waals surface area contributed by atoms with Gasteiger partial charge in [-0.25, -0.2) is 4.99 Å². The van der Waals surface area contributed by atoms with E-state index in [1.807, 2.05) is 13.1 Å². The molecule has 0 aliphatic carbocycles. The van der Waals surface area contributed by atoms with Crippen molar-refractivity contribution in [3.63, 3.8) is 0 Å². The minimum absolute atomic E-state index is 0.259. The van der Waals surface area contributed by atoms with Gasteiger partial charge in [0.05, 0.1) is 12.8 Å². The molecule has 1 aliphatic rings. The smallest absolute Gasteiger partial charge is 0.189 e. The highest BCUT2D eigenvalue weighted by molar-refractivity contribution is 5.60. The molecule has 0 saturated heterocycles. The normalized spacial score (nSPS) is 30.2. The predicted molar refractivity (Wildman–Crippen MR) is 72.9 cm³/mol. The van der Waals surface area contributed by atoms with Crippen molar-refractivity contribution in [2.45, 2.75) is 58.8 Å². The molecule has 1 aliphatic heterocycles. The summed E-state index contributed by atoms with van der Waals surface area (Å²) in [5, 5.41) is 9.99. The molecule has 98 valence electrons. The molecule has 1 N–H and O–H groups in total. The van der Waals surface area contributed by atoms with Gasteiger partial charge >= 0.3 is 0 Å². The second-order valence-electron chi connectivity index (χ2n) is 4.86. The maximum absolute atomic E-state index is 9.99. The van der Waals surface area contributed by atoms with Gasteiger partial charge in [-0.05, 0) is 26.2 Å². The Bertz CT molecular complexity index is 273. The zero-order valence-corrected chi connectivity index (χ0v) is 11.5. The number of hydrogen-bond donors (Lipinski definition) is 1. The van der Waals surface area contributed by atoms with E-state index in [0.717, 1.165) is 43.3 Å². The van der Waals surface area contributed by atoms with Gasteiger partial charge in [0.1, 0.15) is 6.54 Å². The van der Waals surface area contributed by atoms with Gasteiger partial charge in [-0.1, -0.05) is 19.1 Å². The minimum atomic E-state index is -0.321. The first kappa shape index (κ1) is 14.4. The average Bonchev–Trinajstić information content (AvgIpc) is 2.73. The molecule has 0 aromatic rings. The van der Waals surface area contributed by atoms with Crippen LogP contribution < -0.4 is 0 Å². The van der Waals surface area contributed by atoms with E-state index in [-0.39, 0.29) is 12.4 Å². The van der Waals surface area contributed by atoms with E-state index in [1.165, 1.54) is 0 Å². The van der Waals surface area contributed by atoms with Crippen LogP contribution in [0.1, 0.15) is 46.5 Å². The number of aliphatic hydroxyl groups excluding tert-OH is 1. The second kappa shape index (κ2) is 6.92. The average molecular weight is 239 g/mol. The van der Waals surface area contributed by atoms with Gasteiger partial charge in [-0.3, -0.25) is 4.48 Å². The molecule has 0 saturated carbocycles.